The number of alkyl halides is 1. The maximum absolute atomic E-state index is 12.6. The number of nitrogens with zero attached hydrogens (tertiary/aromatic N) is 2. The van der Waals surface area contributed by atoms with Crippen molar-refractivity contribution < 1.29 is 38.5 Å². The lowest BCUT2D eigenvalue weighted by atomic mass is 10.2. The van der Waals surface area contributed by atoms with Crippen LogP contribution in [0.1, 0.15) is 54.4 Å². The molecule has 1 heterocycles. The number of amides is 3. The molecule has 2 atom stereocenters. The molecule has 0 aromatic rings. The van der Waals surface area contributed by atoms with Crippen molar-refractivity contribution in [3.63, 3.8) is 0 Å². The Morgan fingerprint density at radius 3 is 2.10 bits per heavy atom. The highest BCUT2D eigenvalue weighted by atomic mass is 19.1. The Hall–Kier alpha value is -2.04. The first kappa shape index (κ1) is 27.0. The molecule has 0 bridgehead atoms. The molecule has 1 saturated heterocycles. The van der Waals surface area contributed by atoms with Gasteiger partial charge in [-0.2, -0.15) is 4.90 Å². The van der Waals surface area contributed by atoms with Crippen LogP contribution in [0, 0.1) is 0 Å². The van der Waals surface area contributed by atoms with E-state index < -0.39 is 36.2 Å². The molecule has 29 heavy (non-hydrogen) atoms. The third kappa shape index (κ3) is 11.5. The normalized spacial score (nSPS) is 19.7. The number of ether oxygens (including phenoxy) is 2. The van der Waals surface area contributed by atoms with E-state index in [0.717, 1.165) is 0 Å². The van der Waals surface area contributed by atoms with Crippen LogP contribution >= 0.6 is 0 Å². The molecule has 0 aliphatic carbocycles. The van der Waals surface area contributed by atoms with Crippen molar-refractivity contribution >= 4 is 18.4 Å². The van der Waals surface area contributed by atoms with Crippen LogP contribution in [0.15, 0.2) is 11.8 Å². The lowest BCUT2D eigenvalue weighted by Crippen LogP contribution is -2.40. The van der Waals surface area contributed by atoms with Gasteiger partial charge in [-0.15, -0.1) is 0 Å². The highest BCUT2D eigenvalue weighted by molar-refractivity contribution is 6.09. The van der Waals surface area contributed by atoms with Gasteiger partial charge in [0.05, 0.1) is 6.10 Å². The fourth-order valence-electron chi connectivity index (χ4n) is 2.22. The van der Waals surface area contributed by atoms with Crippen molar-refractivity contribution in [2.24, 2.45) is 0 Å². The molecule has 0 saturated carbocycles. The molecule has 0 aromatic heterocycles. The fraction of sp³-hybridized carbons (Fsp3) is 0.737. The van der Waals surface area contributed by atoms with Crippen molar-refractivity contribution in [1.29, 1.82) is 0 Å². The lowest BCUT2D eigenvalue weighted by Gasteiger charge is -2.25. The summed E-state index contributed by atoms with van der Waals surface area (Å²) >= 11 is 0. The minimum atomic E-state index is -1.50. The maximum atomic E-state index is 12.6. The summed E-state index contributed by atoms with van der Waals surface area (Å²) in [6, 6.07) is 0. The molecule has 1 fully saturated rings. The molecule has 1 aliphatic heterocycles. The number of halogens is 1. The molecular weight excluding hydrogens is 387 g/mol. The average Bonchev–Trinajstić information content (AvgIpc) is 3.01. The van der Waals surface area contributed by atoms with Gasteiger partial charge in [-0.1, -0.05) is 0 Å². The summed E-state index contributed by atoms with van der Waals surface area (Å²) in [5.74, 6) is -2.29. The largest absolute Gasteiger partial charge is 0.443 e. The highest BCUT2D eigenvalue weighted by Gasteiger charge is 2.30. The summed E-state index contributed by atoms with van der Waals surface area (Å²) in [6.07, 6.45) is 1.01. The molecule has 0 radical (unpaired) electrons. The van der Waals surface area contributed by atoms with Crippen LogP contribution < -0.4 is 0 Å². The van der Waals surface area contributed by atoms with E-state index in [9.17, 15) is 18.8 Å². The summed E-state index contributed by atoms with van der Waals surface area (Å²) in [5.41, 5.74) is -0.672. The van der Waals surface area contributed by atoms with Crippen LogP contribution in [0.25, 0.3) is 0 Å². The van der Waals surface area contributed by atoms with Crippen molar-refractivity contribution in [2.75, 3.05) is 13.7 Å². The zero-order chi connectivity index (χ0) is 23.0. The van der Waals surface area contributed by atoms with Gasteiger partial charge in [-0.25, -0.2) is 9.18 Å². The molecule has 0 aromatic carbocycles. The fourth-order valence-corrected chi connectivity index (χ4v) is 2.22. The molecule has 10 heteroatoms. The Morgan fingerprint density at radius 2 is 1.72 bits per heavy atom. The predicted molar refractivity (Wildman–Crippen MR) is 103 cm³/mol. The van der Waals surface area contributed by atoms with E-state index in [0.29, 0.717) is 17.7 Å². The van der Waals surface area contributed by atoms with Crippen LogP contribution in [-0.2, 0) is 19.1 Å². The number of hydrogen-bond acceptors (Lipinski definition) is 8. The first-order valence-electron chi connectivity index (χ1n) is 9.17. The molecule has 168 valence electrons. The second-order valence-electron chi connectivity index (χ2n) is 8.18. The van der Waals surface area contributed by atoms with Crippen LogP contribution in [0.4, 0.5) is 9.18 Å². The van der Waals surface area contributed by atoms with Gasteiger partial charge < -0.3 is 24.6 Å². The zero-order valence-electron chi connectivity index (χ0n) is 18.1. The second kappa shape index (κ2) is 11.2. The Kier molecular flexibility index (Phi) is 10.4. The first-order valence-corrected chi connectivity index (χ1v) is 9.17. The number of rotatable bonds is 5. The highest BCUT2D eigenvalue weighted by Crippen LogP contribution is 2.23. The SMILES string of the molecule is C/C(=C/N(C)C1CCC(CF)O1)C(=O)N(C=O)C(=O)OC(C)(C)C.CC(C)(O)O. The van der Waals surface area contributed by atoms with Crippen molar-refractivity contribution in [3.05, 3.63) is 11.8 Å². The van der Waals surface area contributed by atoms with Gasteiger partial charge in [0.15, 0.2) is 5.79 Å². The van der Waals surface area contributed by atoms with E-state index in [1.807, 2.05) is 0 Å². The van der Waals surface area contributed by atoms with Crippen LogP contribution in [0.5, 0.6) is 0 Å². The van der Waals surface area contributed by atoms with Crippen LogP contribution in [-0.4, -0.2) is 75.9 Å². The standard InChI is InChI=1S/C16H25FN2O5.C3H8O2/c1-11(9-18(5)13-7-6-12(8-17)23-13)14(21)19(10-20)15(22)24-16(2,3)4;1-3(2,4)5/h9-10,12-13H,6-8H2,1-5H3;4-5H,1-2H3/b11-9-;. The average molecular weight is 420 g/mol. The molecule has 3 amide bonds. The molecule has 0 spiro atoms. The van der Waals surface area contributed by atoms with E-state index in [1.54, 1.807) is 32.7 Å². The van der Waals surface area contributed by atoms with Crippen LogP contribution in [0.2, 0.25) is 0 Å². The number of carbonyl (C=O) groups excluding carboxylic acids is 3. The Morgan fingerprint density at radius 1 is 1.21 bits per heavy atom. The number of hydrogen-bond donors (Lipinski definition) is 2. The quantitative estimate of drug-likeness (QED) is 0.394. The van der Waals surface area contributed by atoms with Gasteiger partial charge in [0.25, 0.3) is 5.91 Å². The molecule has 2 unspecified atom stereocenters. The summed E-state index contributed by atoms with van der Waals surface area (Å²) < 4.78 is 23.1. The van der Waals surface area contributed by atoms with Crippen LogP contribution in [0.3, 0.4) is 0 Å². The second-order valence-corrected chi connectivity index (χ2v) is 8.18. The Bertz CT molecular complexity index is 590. The third-order valence-corrected chi connectivity index (χ3v) is 3.36. The van der Waals surface area contributed by atoms with Gasteiger partial charge >= 0.3 is 6.09 Å². The van der Waals surface area contributed by atoms with Gasteiger partial charge in [0, 0.05) is 18.8 Å². The zero-order valence-corrected chi connectivity index (χ0v) is 18.1. The van der Waals surface area contributed by atoms with Gasteiger partial charge in [-0.05, 0) is 54.4 Å². The molecule has 1 rings (SSSR count). The minimum Gasteiger partial charge on any atom is -0.443 e. The monoisotopic (exact) mass is 420 g/mol. The van der Waals surface area contributed by atoms with E-state index in [1.165, 1.54) is 27.0 Å². The maximum Gasteiger partial charge on any atom is 0.424 e. The summed E-state index contributed by atoms with van der Waals surface area (Å²) in [7, 11) is 1.68. The predicted octanol–water partition coefficient (Wildman–Crippen LogP) is 1.92. The number of carbonyl (C=O) groups is 3. The molecule has 1 aliphatic rings. The first-order chi connectivity index (χ1) is 13.1. The Labute approximate surface area is 171 Å². The summed E-state index contributed by atoms with van der Waals surface area (Å²) in [5, 5.41) is 16.2. The van der Waals surface area contributed by atoms with Gasteiger partial charge in [0.1, 0.15) is 18.5 Å². The van der Waals surface area contributed by atoms with Gasteiger partial charge in [0.2, 0.25) is 6.41 Å². The van der Waals surface area contributed by atoms with E-state index in [4.69, 9.17) is 19.7 Å². The summed E-state index contributed by atoms with van der Waals surface area (Å²) in [6.45, 7) is 8.42. The van der Waals surface area contributed by atoms with Crippen molar-refractivity contribution in [2.45, 2.75) is 78.1 Å². The third-order valence-electron chi connectivity index (χ3n) is 3.36. The molecule has 9 nitrogen and oxygen atoms in total. The van der Waals surface area contributed by atoms with E-state index in [2.05, 4.69) is 0 Å². The smallest absolute Gasteiger partial charge is 0.424 e. The minimum absolute atomic E-state index is 0.124. The lowest BCUT2D eigenvalue weighted by molar-refractivity contribution is -0.134. The molecule has 2 N–H and O–H groups in total. The summed E-state index contributed by atoms with van der Waals surface area (Å²) in [4.78, 5) is 37.3. The van der Waals surface area contributed by atoms with E-state index >= 15 is 0 Å². The van der Waals surface area contributed by atoms with E-state index in [-0.39, 0.29) is 18.2 Å². The Balaban J connectivity index is 0.00000139. The number of imide groups is 3. The number of aliphatic hydroxyl groups is 2. The van der Waals surface area contributed by atoms with Gasteiger partial charge in [-0.3, -0.25) is 9.59 Å². The van der Waals surface area contributed by atoms with Crippen molar-refractivity contribution in [3.8, 4) is 0 Å². The topological polar surface area (TPSA) is 117 Å². The van der Waals surface area contributed by atoms with Crippen molar-refractivity contribution in [1.82, 2.24) is 9.80 Å². The molecular formula is C19H33FN2O7.